The second kappa shape index (κ2) is 7.38. The van der Waals surface area contributed by atoms with Crippen LogP contribution in [0, 0.1) is 0 Å². The fourth-order valence-corrected chi connectivity index (χ4v) is 0.674. The molecule has 0 aromatic carbocycles. The van der Waals surface area contributed by atoms with Gasteiger partial charge in [0.25, 0.3) is 0 Å². The minimum Gasteiger partial charge on any atom is -0.379 e. The number of rotatable bonds is 6. The molecule has 0 aliphatic carbocycles. The second-order valence-corrected chi connectivity index (χ2v) is 2.68. The van der Waals surface area contributed by atoms with Crippen molar-refractivity contribution in [2.45, 2.75) is 6.92 Å². The third kappa shape index (κ3) is 6.39. The first-order valence-corrected chi connectivity index (χ1v) is 4.31. The monoisotopic (exact) mass is 163 g/mol. The summed E-state index contributed by atoms with van der Waals surface area (Å²) in [6.45, 7) is 5.83. The summed E-state index contributed by atoms with van der Waals surface area (Å²) < 4.78 is 5.24. The van der Waals surface area contributed by atoms with Crippen molar-refractivity contribution in [2.24, 2.45) is 0 Å². The van der Waals surface area contributed by atoms with Gasteiger partial charge in [0.2, 0.25) is 0 Å². The summed E-state index contributed by atoms with van der Waals surface area (Å²) >= 11 is 4.03. The van der Waals surface area contributed by atoms with Gasteiger partial charge in [-0.1, -0.05) is 6.92 Å². The van der Waals surface area contributed by atoms with Gasteiger partial charge in [-0.25, -0.2) is 0 Å². The number of hydrogen-bond donors (Lipinski definition) is 1. The first-order valence-electron chi connectivity index (χ1n) is 3.68. The summed E-state index contributed by atoms with van der Waals surface area (Å²) in [6, 6.07) is 0. The molecule has 0 atom stereocenters. The molecular weight excluding hydrogens is 146 g/mol. The lowest BCUT2D eigenvalue weighted by molar-refractivity contribution is 0.126. The smallest absolute Gasteiger partial charge is 0.0593 e. The van der Waals surface area contributed by atoms with Gasteiger partial charge in [-0.05, 0) is 13.6 Å². The Hall–Kier alpha value is 0.270. The minimum absolute atomic E-state index is 0.765. The third-order valence-electron chi connectivity index (χ3n) is 1.39. The highest BCUT2D eigenvalue weighted by Crippen LogP contribution is 1.82. The molecule has 0 aliphatic heterocycles. The van der Waals surface area contributed by atoms with E-state index in [1.807, 2.05) is 0 Å². The zero-order valence-corrected chi connectivity index (χ0v) is 7.73. The average Bonchev–Trinajstić information content (AvgIpc) is 1.98. The van der Waals surface area contributed by atoms with Gasteiger partial charge in [0, 0.05) is 12.3 Å². The van der Waals surface area contributed by atoms with Gasteiger partial charge >= 0.3 is 0 Å². The van der Waals surface area contributed by atoms with E-state index in [0.29, 0.717) is 0 Å². The highest BCUT2D eigenvalue weighted by Gasteiger charge is 1.92. The molecule has 0 N–H and O–H groups in total. The Kier molecular flexibility index (Phi) is 7.58. The Morgan fingerprint density at radius 1 is 1.40 bits per heavy atom. The van der Waals surface area contributed by atoms with E-state index in [9.17, 15) is 0 Å². The fraction of sp³-hybridized carbons (Fsp3) is 1.00. The number of ether oxygens (including phenoxy) is 1. The maximum Gasteiger partial charge on any atom is 0.0593 e. The molecule has 2 nitrogen and oxygen atoms in total. The predicted molar refractivity (Wildman–Crippen MR) is 47.8 cm³/mol. The summed E-state index contributed by atoms with van der Waals surface area (Å²) in [6.07, 6.45) is 0. The maximum atomic E-state index is 5.24. The molecule has 0 rings (SSSR count). The van der Waals surface area contributed by atoms with Crippen molar-refractivity contribution in [3.63, 3.8) is 0 Å². The van der Waals surface area contributed by atoms with Crippen molar-refractivity contribution < 1.29 is 4.74 Å². The van der Waals surface area contributed by atoms with Gasteiger partial charge in [0.1, 0.15) is 0 Å². The van der Waals surface area contributed by atoms with E-state index in [-0.39, 0.29) is 0 Å². The molecule has 0 unspecified atom stereocenters. The number of thiol groups is 1. The molecule has 0 amide bonds. The third-order valence-corrected chi connectivity index (χ3v) is 1.58. The lowest BCUT2D eigenvalue weighted by Crippen LogP contribution is -2.22. The summed E-state index contributed by atoms with van der Waals surface area (Å²) in [4.78, 5) is 2.22. The quantitative estimate of drug-likeness (QED) is 0.461. The molecule has 62 valence electrons. The molecule has 0 fully saturated rings. The molecule has 0 aromatic heterocycles. The Balaban J connectivity index is 2.89. The lowest BCUT2D eigenvalue weighted by Gasteiger charge is -2.12. The molecule has 0 heterocycles. The van der Waals surface area contributed by atoms with Crippen molar-refractivity contribution in [1.29, 1.82) is 0 Å². The minimum atomic E-state index is 0.765. The lowest BCUT2D eigenvalue weighted by atomic mass is 10.5. The van der Waals surface area contributed by atoms with Crippen LogP contribution < -0.4 is 0 Å². The Morgan fingerprint density at radius 2 is 2.10 bits per heavy atom. The molecular formula is C7H17NOS. The first kappa shape index (κ1) is 10.3. The van der Waals surface area contributed by atoms with Gasteiger partial charge in [-0.15, -0.1) is 0 Å². The van der Waals surface area contributed by atoms with Crippen LogP contribution in [0.15, 0.2) is 0 Å². The van der Waals surface area contributed by atoms with Gasteiger partial charge in [0.15, 0.2) is 0 Å². The molecule has 0 radical (unpaired) electrons. The summed E-state index contributed by atoms with van der Waals surface area (Å²) in [7, 11) is 2.09. The van der Waals surface area contributed by atoms with Crippen LogP contribution in [-0.4, -0.2) is 44.0 Å². The number of likely N-dealkylation sites (N-methyl/N-ethyl adjacent to an activating group) is 1. The van der Waals surface area contributed by atoms with E-state index in [4.69, 9.17) is 4.74 Å². The zero-order valence-electron chi connectivity index (χ0n) is 6.84. The predicted octanol–water partition coefficient (Wildman–Crippen LogP) is 0.884. The Labute approximate surface area is 69.0 Å². The van der Waals surface area contributed by atoms with Crippen LogP contribution >= 0.6 is 12.6 Å². The molecule has 0 aliphatic rings. The zero-order chi connectivity index (χ0) is 7.82. The molecule has 0 saturated carbocycles. The molecule has 3 heteroatoms. The van der Waals surface area contributed by atoms with E-state index in [2.05, 4.69) is 31.5 Å². The molecule has 0 aromatic rings. The van der Waals surface area contributed by atoms with E-state index >= 15 is 0 Å². The first-order chi connectivity index (χ1) is 4.81. The van der Waals surface area contributed by atoms with E-state index in [0.717, 1.165) is 32.1 Å². The van der Waals surface area contributed by atoms with Crippen molar-refractivity contribution in [3.05, 3.63) is 0 Å². The normalized spacial score (nSPS) is 10.8. The fourth-order valence-electron chi connectivity index (χ4n) is 0.545. The average molecular weight is 163 g/mol. The van der Waals surface area contributed by atoms with Crippen molar-refractivity contribution in [3.8, 4) is 0 Å². The van der Waals surface area contributed by atoms with Crippen LogP contribution in [0.25, 0.3) is 0 Å². The molecule has 10 heavy (non-hydrogen) atoms. The standard InChI is InChI=1S/C7H17NOS/c1-3-8(2)4-5-9-6-7-10/h10H,3-7H2,1-2H3. The molecule has 0 bridgehead atoms. The number of nitrogens with zero attached hydrogens (tertiary/aromatic N) is 1. The SMILES string of the molecule is CCN(C)CCOCCS. The highest BCUT2D eigenvalue weighted by atomic mass is 32.1. The van der Waals surface area contributed by atoms with Gasteiger partial charge in [0.05, 0.1) is 13.2 Å². The Morgan fingerprint density at radius 3 is 2.60 bits per heavy atom. The van der Waals surface area contributed by atoms with Gasteiger partial charge < -0.3 is 9.64 Å². The van der Waals surface area contributed by atoms with Gasteiger partial charge in [-0.2, -0.15) is 12.6 Å². The van der Waals surface area contributed by atoms with Crippen LogP contribution in [0.3, 0.4) is 0 Å². The topological polar surface area (TPSA) is 12.5 Å². The van der Waals surface area contributed by atoms with Crippen LogP contribution in [0.5, 0.6) is 0 Å². The Bertz CT molecular complexity index is 70.6. The second-order valence-electron chi connectivity index (χ2n) is 2.23. The van der Waals surface area contributed by atoms with Crippen molar-refractivity contribution in [2.75, 3.05) is 39.1 Å². The summed E-state index contributed by atoms with van der Waals surface area (Å²) in [5.41, 5.74) is 0. The summed E-state index contributed by atoms with van der Waals surface area (Å²) in [5.74, 6) is 0.815. The van der Waals surface area contributed by atoms with E-state index < -0.39 is 0 Å². The summed E-state index contributed by atoms with van der Waals surface area (Å²) in [5, 5.41) is 0. The molecule has 0 spiro atoms. The van der Waals surface area contributed by atoms with Crippen molar-refractivity contribution >= 4 is 12.6 Å². The van der Waals surface area contributed by atoms with Crippen LogP contribution in [-0.2, 0) is 4.74 Å². The van der Waals surface area contributed by atoms with E-state index in [1.54, 1.807) is 0 Å². The van der Waals surface area contributed by atoms with Crippen LogP contribution in [0.4, 0.5) is 0 Å². The maximum absolute atomic E-state index is 5.24. The van der Waals surface area contributed by atoms with Gasteiger partial charge in [-0.3, -0.25) is 0 Å². The van der Waals surface area contributed by atoms with E-state index in [1.165, 1.54) is 0 Å². The highest BCUT2D eigenvalue weighted by molar-refractivity contribution is 7.80. The largest absolute Gasteiger partial charge is 0.379 e. The van der Waals surface area contributed by atoms with Crippen LogP contribution in [0.2, 0.25) is 0 Å². The molecule has 0 saturated heterocycles. The number of hydrogen-bond acceptors (Lipinski definition) is 3. The van der Waals surface area contributed by atoms with Crippen molar-refractivity contribution in [1.82, 2.24) is 4.90 Å². The van der Waals surface area contributed by atoms with Crippen LogP contribution in [0.1, 0.15) is 6.92 Å².